The molecule has 0 aliphatic rings. The fraction of sp³-hybridized carbons (Fsp3) is 0. The van der Waals surface area contributed by atoms with Crippen molar-refractivity contribution in [1.29, 1.82) is 0 Å². The van der Waals surface area contributed by atoms with Crippen LogP contribution in [0, 0.1) is 116 Å². The first-order valence-corrected chi connectivity index (χ1v) is 22.7. The summed E-state index contributed by atoms with van der Waals surface area (Å²) in [4.78, 5) is 0. The largest absolute Gasteiger partial charge is 2.00 e. The van der Waals surface area contributed by atoms with Crippen molar-refractivity contribution in [3.63, 3.8) is 0 Å². The smallest absolute Gasteiger partial charge is 1.00 e. The number of benzene rings is 8. The summed E-state index contributed by atoms with van der Waals surface area (Å²) >= 11 is 0. The van der Waals surface area contributed by atoms with Crippen LogP contribution in [0.25, 0.3) is 87.6 Å². The van der Waals surface area contributed by atoms with E-state index in [1.165, 1.54) is 48.5 Å². The van der Waals surface area contributed by atoms with Crippen LogP contribution in [0.1, 0.15) is 0 Å². The monoisotopic (exact) mass is 1290 g/mol. The fourth-order valence-corrected chi connectivity index (χ4v) is 8.61. The average molecular weight is 1290 g/mol. The summed E-state index contributed by atoms with van der Waals surface area (Å²) in [5, 5.41) is 5.27. The third-order valence-electron chi connectivity index (χ3n) is 12.5. The molecule has 0 fully saturated rings. The Morgan fingerprint density at radius 3 is 0.464 bits per heavy atom. The van der Waals surface area contributed by atoms with E-state index >= 15 is 0 Å². The van der Waals surface area contributed by atoms with Gasteiger partial charge in [-0.15, -0.1) is 138 Å². The summed E-state index contributed by atoms with van der Waals surface area (Å²) in [5.41, 5.74) is -3.79. The van der Waals surface area contributed by atoms with E-state index in [-0.39, 0.29) is 90.5 Å². The molecule has 12 rings (SSSR count). The summed E-state index contributed by atoms with van der Waals surface area (Å²) in [7, 11) is 0. The summed E-state index contributed by atoms with van der Waals surface area (Å²) in [6.45, 7) is 0. The molecule has 84 heavy (non-hydrogen) atoms. The van der Waals surface area contributed by atoms with Gasteiger partial charge in [-0.25, -0.2) is 87.8 Å². The van der Waals surface area contributed by atoms with Crippen molar-refractivity contribution >= 4 is 43.1 Å². The Morgan fingerprint density at radius 2 is 0.321 bits per heavy atom. The van der Waals surface area contributed by atoms with E-state index in [0.29, 0.717) is 43.1 Å². The first-order valence-electron chi connectivity index (χ1n) is 22.7. The number of fused-ring (bicyclic) bond motifs is 4. The molecular weight excluding hydrogens is 1270 g/mol. The number of hydrogen-bond acceptors (Lipinski definition) is 0. The maximum absolute atomic E-state index is 13.7. The Kier molecular flexibility index (Phi) is 21.9. The maximum Gasteiger partial charge on any atom is 2.00 e. The molecule has 0 saturated heterocycles. The van der Waals surface area contributed by atoms with Gasteiger partial charge in [-0.1, -0.05) is 72.8 Å². The third kappa shape index (κ3) is 12.5. The summed E-state index contributed by atoms with van der Waals surface area (Å²) in [5.74, 6) is -38.7. The third-order valence-corrected chi connectivity index (χ3v) is 12.5. The number of rotatable bonds is 4. The molecule has 428 valence electrons. The van der Waals surface area contributed by atoms with Gasteiger partial charge in [0.25, 0.3) is 0 Å². The molecule has 0 unspecified atom stereocenters. The van der Waals surface area contributed by atoms with Crippen molar-refractivity contribution < 1.29 is 156 Å². The molecule has 0 atom stereocenters. The molecule has 0 spiro atoms. The number of halogens is 22. The van der Waals surface area contributed by atoms with E-state index in [2.05, 4.69) is 0 Å². The van der Waals surface area contributed by atoms with Crippen LogP contribution in [-0.4, -0.2) is 0 Å². The molecule has 0 aliphatic heterocycles. The number of hydrogen-bond donors (Lipinski definition) is 0. The van der Waals surface area contributed by atoms with Crippen LogP contribution in [0.15, 0.2) is 146 Å². The molecule has 0 nitrogen and oxygen atoms in total. The predicted octanol–water partition coefficient (Wildman–Crippen LogP) is 13.7. The van der Waals surface area contributed by atoms with Crippen molar-refractivity contribution in [3.8, 4) is 44.5 Å². The van der Waals surface area contributed by atoms with Crippen LogP contribution in [-0.2, 0) is 43.4 Å². The van der Waals surface area contributed by atoms with E-state index in [9.17, 15) is 87.8 Å². The van der Waals surface area contributed by atoms with Crippen LogP contribution >= 0.6 is 0 Å². The van der Waals surface area contributed by atoms with Gasteiger partial charge in [0.2, 0.25) is 0 Å². The first kappa shape index (κ1) is 67.6. The van der Waals surface area contributed by atoms with Crippen LogP contribution in [0.4, 0.5) is 87.8 Å². The van der Waals surface area contributed by atoms with E-state index < -0.39 is 139 Å². The van der Waals surface area contributed by atoms with Gasteiger partial charge in [-0.3, -0.25) is 0 Å². The molecule has 0 amide bonds. The molecule has 24 heteroatoms. The zero-order valence-electron chi connectivity index (χ0n) is 41.2. The summed E-state index contributed by atoms with van der Waals surface area (Å²) in [6, 6.07) is 38.2. The fourth-order valence-electron chi connectivity index (χ4n) is 8.61. The molecule has 0 heterocycles. The SMILES string of the molecule is Fc1c(F)c(F)c(-c2cc3ccccc3[cH-]2)c(F)c1F.Fc1c(F)c(F)c(-c2cc3ccccc3[cH-]2)c(F)c1F.Fc1c(F)c(F)c(-c2cc3ccccc3[cH-]2)c(F)c1F.Fc1c(F)c(F)c(-c2cc3ccccc3[cH-]2)c(F)c1F.[Cl-].[Cl-].[Ti+2].[Ti+2]. The Balaban J connectivity index is 0.000000202. The molecule has 12 aromatic rings. The van der Waals surface area contributed by atoms with Crippen LogP contribution in [0.3, 0.4) is 0 Å². The van der Waals surface area contributed by atoms with Gasteiger partial charge in [0.15, 0.2) is 69.8 Å². The van der Waals surface area contributed by atoms with Gasteiger partial charge in [0.05, 0.1) is 0 Å². The van der Waals surface area contributed by atoms with E-state index in [0.717, 1.165) is 0 Å². The van der Waals surface area contributed by atoms with Crippen molar-refractivity contribution in [2.75, 3.05) is 0 Å². The average Bonchev–Trinajstić information content (AvgIpc) is 4.46. The Labute approximate surface area is 502 Å². The Morgan fingerprint density at radius 1 is 0.190 bits per heavy atom. The maximum atomic E-state index is 13.7. The minimum absolute atomic E-state index is 0. The molecule has 0 aliphatic carbocycles. The van der Waals surface area contributed by atoms with E-state index in [1.807, 2.05) is 0 Å². The zero-order valence-corrected chi connectivity index (χ0v) is 45.8. The van der Waals surface area contributed by atoms with Crippen molar-refractivity contribution in [1.82, 2.24) is 0 Å². The van der Waals surface area contributed by atoms with E-state index in [4.69, 9.17) is 0 Å². The van der Waals surface area contributed by atoms with Crippen LogP contribution in [0.2, 0.25) is 0 Å². The van der Waals surface area contributed by atoms with Gasteiger partial charge in [-0.2, -0.15) is 0 Å². The first-order chi connectivity index (χ1) is 38.0. The molecular formula is C60H24Cl2F20Ti2-2. The molecule has 12 aromatic carbocycles. The van der Waals surface area contributed by atoms with Gasteiger partial charge in [0.1, 0.15) is 46.5 Å². The topological polar surface area (TPSA) is 0 Å². The minimum atomic E-state index is -2.15. The van der Waals surface area contributed by atoms with Crippen LogP contribution in [0.5, 0.6) is 0 Å². The molecule has 0 aromatic heterocycles. The van der Waals surface area contributed by atoms with Crippen molar-refractivity contribution in [2.45, 2.75) is 0 Å². The second-order valence-electron chi connectivity index (χ2n) is 17.3. The molecule has 0 saturated carbocycles. The summed E-state index contributed by atoms with van der Waals surface area (Å²) in [6.07, 6.45) is 0. The second-order valence-corrected chi connectivity index (χ2v) is 17.3. The minimum Gasteiger partial charge on any atom is -1.00 e. The zero-order chi connectivity index (χ0) is 57.8. The molecule has 0 bridgehead atoms. The Bertz CT molecular complexity index is 3600. The van der Waals surface area contributed by atoms with Crippen molar-refractivity contribution in [3.05, 3.63) is 262 Å². The van der Waals surface area contributed by atoms with Crippen LogP contribution < -0.4 is 24.8 Å². The van der Waals surface area contributed by atoms with Gasteiger partial charge >= 0.3 is 43.4 Å². The normalized spacial score (nSPS) is 10.7. The second kappa shape index (κ2) is 27.2. The standard InChI is InChI=1S/4C15H6F5.2ClH.2Ti/c4*16-11-10(12(17)14(19)15(20)13(11)18)9-5-7-3-1-2-4-8(7)6-9;;;;/h4*1-6H;2*1H;;/q4*-1;;;2*+2/p-2. The van der Waals surface area contributed by atoms with Gasteiger partial charge in [0, 0.05) is 0 Å². The van der Waals surface area contributed by atoms with E-state index in [1.54, 1.807) is 97.1 Å². The molecule has 0 radical (unpaired) electrons. The van der Waals surface area contributed by atoms with Crippen molar-refractivity contribution in [2.24, 2.45) is 0 Å². The summed E-state index contributed by atoms with van der Waals surface area (Å²) < 4.78 is 267. The molecule has 0 N–H and O–H groups in total. The predicted molar refractivity (Wildman–Crippen MR) is 259 cm³/mol. The van der Waals surface area contributed by atoms with Gasteiger partial charge < -0.3 is 24.8 Å². The Hall–Kier alpha value is -7.19. The quantitative estimate of drug-likeness (QED) is 0.0542. The van der Waals surface area contributed by atoms with Gasteiger partial charge in [-0.05, 0) is 22.3 Å².